The predicted octanol–water partition coefficient (Wildman–Crippen LogP) is 4.16. The lowest BCUT2D eigenvalue weighted by Crippen LogP contribution is -2.47. The fourth-order valence-electron chi connectivity index (χ4n) is 5.13. The number of anilines is 1. The van der Waals surface area contributed by atoms with Crippen LogP contribution in [-0.4, -0.2) is 41.7 Å². The van der Waals surface area contributed by atoms with Crippen molar-refractivity contribution in [1.29, 1.82) is 0 Å². The molecule has 0 spiro atoms. The number of amides is 1. The van der Waals surface area contributed by atoms with Gasteiger partial charge in [-0.3, -0.25) is 4.79 Å². The Morgan fingerprint density at radius 2 is 1.71 bits per heavy atom. The Kier molecular flexibility index (Phi) is 6.38. The van der Waals surface area contributed by atoms with E-state index in [4.69, 9.17) is 16.8 Å². The molecule has 182 valence electrons. The number of nitrogens with one attached hydrogen (secondary N) is 1. The number of hydrogen-bond donors (Lipinski definition) is 3. The highest BCUT2D eigenvalue weighted by Gasteiger charge is 2.54. The van der Waals surface area contributed by atoms with Gasteiger partial charge in [-0.2, -0.15) is 0 Å². The zero-order valence-electron chi connectivity index (χ0n) is 17.5. The average molecular weight is 517 g/mol. The van der Waals surface area contributed by atoms with Crippen LogP contribution in [0.2, 0.25) is 5.02 Å². The van der Waals surface area contributed by atoms with E-state index >= 15 is 0 Å². The summed E-state index contributed by atoms with van der Waals surface area (Å²) in [6.07, 6.45) is 2.30. The molecule has 0 heterocycles. The summed E-state index contributed by atoms with van der Waals surface area (Å²) < 4.78 is 67.2. The van der Waals surface area contributed by atoms with Crippen molar-refractivity contribution in [2.75, 3.05) is 5.32 Å². The van der Waals surface area contributed by atoms with Gasteiger partial charge in [-0.25, -0.2) is 21.6 Å². The van der Waals surface area contributed by atoms with E-state index in [0.717, 1.165) is 12.3 Å². The van der Waals surface area contributed by atoms with Crippen molar-refractivity contribution in [2.45, 2.75) is 41.4 Å². The molecule has 7 nitrogen and oxygen atoms in total. The van der Waals surface area contributed by atoms with Gasteiger partial charge in [0.2, 0.25) is 0 Å². The number of benzene rings is 2. The molecule has 34 heavy (non-hydrogen) atoms. The standard InChI is InChI=1S/C22H20ClF3N2O5S/c23-15-4-3-11(21(29)28-14-6-16(24)19(26)17(25)7-14)5-18(15)34(32,33)20-12-1-2-13(20)9-22(30,8-12)10-27-31/h3-7,10,12-13,20,30-31H,1-2,8-9H2,(H,28,29)/b27-10+/t12-,13?,20?,22?/m0/s1. The van der Waals surface area contributed by atoms with Crippen LogP contribution in [0.5, 0.6) is 0 Å². The smallest absolute Gasteiger partial charge is 0.255 e. The lowest BCUT2D eigenvalue weighted by Gasteiger charge is -2.38. The predicted molar refractivity (Wildman–Crippen MR) is 117 cm³/mol. The zero-order chi connectivity index (χ0) is 24.8. The summed E-state index contributed by atoms with van der Waals surface area (Å²) in [6.45, 7) is 0. The third-order valence-corrected chi connectivity index (χ3v) is 9.35. The van der Waals surface area contributed by atoms with E-state index < -0.39 is 55.9 Å². The number of sulfone groups is 1. The third-order valence-electron chi connectivity index (χ3n) is 6.47. The molecule has 2 bridgehead atoms. The lowest BCUT2D eigenvalue weighted by atomic mass is 9.78. The molecule has 3 N–H and O–H groups in total. The third kappa shape index (κ3) is 4.39. The van der Waals surface area contributed by atoms with Crippen LogP contribution in [0.1, 0.15) is 36.0 Å². The molecule has 0 aromatic heterocycles. The first-order valence-electron chi connectivity index (χ1n) is 10.4. The molecule has 4 atom stereocenters. The van der Waals surface area contributed by atoms with Crippen molar-refractivity contribution in [3.63, 3.8) is 0 Å². The number of carbonyl (C=O) groups is 1. The van der Waals surface area contributed by atoms with Gasteiger partial charge < -0.3 is 15.6 Å². The Morgan fingerprint density at radius 1 is 1.12 bits per heavy atom. The fraction of sp³-hybridized carbons (Fsp3) is 0.364. The number of aliphatic hydroxyl groups is 1. The summed E-state index contributed by atoms with van der Waals surface area (Å²) in [7, 11) is -4.04. The van der Waals surface area contributed by atoms with E-state index in [0.29, 0.717) is 25.0 Å². The van der Waals surface area contributed by atoms with E-state index in [1.54, 1.807) is 0 Å². The Hall–Kier alpha value is -2.63. The first kappa shape index (κ1) is 24.5. The Balaban J connectivity index is 1.63. The summed E-state index contributed by atoms with van der Waals surface area (Å²) >= 11 is 6.19. The van der Waals surface area contributed by atoms with Crippen LogP contribution in [0.3, 0.4) is 0 Å². The van der Waals surface area contributed by atoms with Gasteiger partial charge >= 0.3 is 0 Å². The second kappa shape index (κ2) is 8.86. The van der Waals surface area contributed by atoms with Crippen LogP contribution in [-0.2, 0) is 9.84 Å². The number of halogens is 4. The normalized spacial score (nSPS) is 26.7. The second-order valence-corrected chi connectivity index (χ2v) is 11.2. The molecule has 2 saturated carbocycles. The van der Waals surface area contributed by atoms with Crippen molar-refractivity contribution < 1.29 is 36.7 Å². The van der Waals surface area contributed by atoms with Crippen LogP contribution >= 0.6 is 11.6 Å². The Bertz CT molecular complexity index is 1250. The Labute approximate surface area is 198 Å². The van der Waals surface area contributed by atoms with Crippen LogP contribution in [0.15, 0.2) is 40.4 Å². The van der Waals surface area contributed by atoms with Gasteiger partial charge in [0.1, 0.15) is 5.60 Å². The summed E-state index contributed by atoms with van der Waals surface area (Å²) in [4.78, 5) is 12.4. The molecular weight excluding hydrogens is 497 g/mol. The zero-order valence-corrected chi connectivity index (χ0v) is 19.1. The number of fused-ring (bicyclic) bond motifs is 2. The van der Waals surface area contributed by atoms with Gasteiger partial charge in [-0.1, -0.05) is 16.8 Å². The van der Waals surface area contributed by atoms with Crippen molar-refractivity contribution in [1.82, 2.24) is 0 Å². The van der Waals surface area contributed by atoms with Gasteiger partial charge in [-0.05, 0) is 55.7 Å². The quantitative estimate of drug-likeness (QED) is 0.239. The SMILES string of the molecule is O=C(Nc1cc(F)c(F)c(F)c1)c1ccc(Cl)c(S(=O)(=O)C2C3CC[C@H]2CC(O)(/C=N/O)C3)c1. The van der Waals surface area contributed by atoms with Crippen LogP contribution in [0.4, 0.5) is 18.9 Å². The lowest BCUT2D eigenvalue weighted by molar-refractivity contribution is 0.0454. The maximum Gasteiger partial charge on any atom is 0.255 e. The molecule has 0 radical (unpaired) electrons. The van der Waals surface area contributed by atoms with Crippen molar-refractivity contribution in [3.05, 3.63) is 58.4 Å². The summed E-state index contributed by atoms with van der Waals surface area (Å²) in [5.41, 5.74) is -1.89. The minimum absolute atomic E-state index is 0.0942. The van der Waals surface area contributed by atoms with Crippen LogP contribution < -0.4 is 5.32 Å². The molecule has 1 amide bonds. The summed E-state index contributed by atoms with van der Waals surface area (Å²) in [5.74, 6) is -6.37. The van der Waals surface area contributed by atoms with Crippen LogP contribution in [0, 0.1) is 29.3 Å². The summed E-state index contributed by atoms with van der Waals surface area (Å²) in [5, 5.41) is 23.6. The fourth-order valence-corrected chi connectivity index (χ4v) is 7.97. The molecule has 2 aliphatic rings. The number of oxime groups is 1. The Morgan fingerprint density at radius 3 is 2.26 bits per heavy atom. The molecule has 12 heteroatoms. The van der Waals surface area contributed by atoms with Gasteiger partial charge in [0.25, 0.3) is 5.91 Å². The minimum atomic E-state index is -4.04. The minimum Gasteiger partial charge on any atom is -0.411 e. The maximum atomic E-state index is 13.6. The van der Waals surface area contributed by atoms with E-state index in [1.165, 1.54) is 12.1 Å². The molecule has 2 fully saturated rings. The van der Waals surface area contributed by atoms with Crippen molar-refractivity contribution in [3.8, 4) is 0 Å². The molecule has 2 aromatic carbocycles. The van der Waals surface area contributed by atoms with E-state index in [2.05, 4.69) is 10.5 Å². The average Bonchev–Trinajstić information content (AvgIpc) is 3.05. The molecular formula is C22H20ClF3N2O5S. The number of nitrogens with zero attached hydrogens (tertiary/aromatic N) is 1. The highest BCUT2D eigenvalue weighted by Crippen LogP contribution is 2.51. The molecule has 0 aliphatic heterocycles. The summed E-state index contributed by atoms with van der Waals surface area (Å²) in [6, 6.07) is 4.76. The first-order valence-corrected chi connectivity index (χ1v) is 12.3. The topological polar surface area (TPSA) is 116 Å². The second-order valence-electron chi connectivity index (χ2n) is 8.72. The van der Waals surface area contributed by atoms with E-state index in [1.807, 2.05) is 0 Å². The van der Waals surface area contributed by atoms with E-state index in [9.17, 15) is 31.5 Å². The van der Waals surface area contributed by atoms with Crippen molar-refractivity contribution >= 4 is 39.2 Å². The van der Waals surface area contributed by atoms with Gasteiger partial charge in [-0.15, -0.1) is 0 Å². The highest BCUT2D eigenvalue weighted by molar-refractivity contribution is 7.92. The molecule has 2 aliphatic carbocycles. The molecule has 0 saturated heterocycles. The molecule has 3 unspecified atom stereocenters. The number of carbonyl (C=O) groups excluding carboxylic acids is 1. The molecule has 2 aromatic rings. The van der Waals surface area contributed by atoms with Gasteiger partial charge in [0, 0.05) is 23.4 Å². The monoisotopic (exact) mass is 516 g/mol. The van der Waals surface area contributed by atoms with E-state index in [-0.39, 0.29) is 34.0 Å². The van der Waals surface area contributed by atoms with Gasteiger partial charge in [0.05, 0.1) is 21.4 Å². The van der Waals surface area contributed by atoms with Crippen LogP contribution in [0.25, 0.3) is 0 Å². The number of rotatable bonds is 5. The first-order chi connectivity index (χ1) is 15.9. The number of hydrogen-bond acceptors (Lipinski definition) is 6. The molecule has 4 rings (SSSR count). The van der Waals surface area contributed by atoms with Gasteiger partial charge in [0.15, 0.2) is 27.3 Å². The van der Waals surface area contributed by atoms with Crippen molar-refractivity contribution in [2.24, 2.45) is 17.0 Å². The highest BCUT2D eigenvalue weighted by atomic mass is 35.5. The largest absolute Gasteiger partial charge is 0.411 e. The maximum absolute atomic E-state index is 13.6.